The van der Waals surface area contributed by atoms with Crippen LogP contribution < -0.4 is 9.47 Å². The number of methoxy groups -OCH3 is 1. The van der Waals surface area contributed by atoms with Gasteiger partial charge in [0.1, 0.15) is 11.0 Å². The van der Waals surface area contributed by atoms with Gasteiger partial charge in [0.15, 0.2) is 11.5 Å². The van der Waals surface area contributed by atoms with Crippen LogP contribution in [-0.2, 0) is 9.84 Å². The summed E-state index contributed by atoms with van der Waals surface area (Å²) in [6.07, 6.45) is 1.24. The second-order valence-corrected chi connectivity index (χ2v) is 7.77. The third kappa shape index (κ3) is 4.31. The third-order valence-electron chi connectivity index (χ3n) is 3.37. The van der Waals surface area contributed by atoms with E-state index in [-0.39, 0.29) is 14.9 Å². The maximum atomic E-state index is 12.8. The van der Waals surface area contributed by atoms with Gasteiger partial charge < -0.3 is 9.47 Å². The van der Waals surface area contributed by atoms with Crippen molar-refractivity contribution in [2.75, 3.05) is 13.7 Å². The van der Waals surface area contributed by atoms with E-state index in [2.05, 4.69) is 0 Å². The lowest BCUT2D eigenvalue weighted by Crippen LogP contribution is -2.04. The highest BCUT2D eigenvalue weighted by atomic mass is 35.5. The Morgan fingerprint density at radius 3 is 2.54 bits per heavy atom. The van der Waals surface area contributed by atoms with E-state index in [0.29, 0.717) is 23.7 Å². The molecule has 136 valence electrons. The highest BCUT2D eigenvalue weighted by Crippen LogP contribution is 2.32. The van der Waals surface area contributed by atoms with Crippen molar-refractivity contribution in [3.8, 4) is 17.6 Å². The molecule has 0 radical (unpaired) electrons. The molecule has 0 aliphatic rings. The van der Waals surface area contributed by atoms with E-state index in [0.717, 1.165) is 0 Å². The molecule has 0 atom stereocenters. The minimum atomic E-state index is -4.13. The van der Waals surface area contributed by atoms with Gasteiger partial charge in [0.25, 0.3) is 0 Å². The molecule has 5 nitrogen and oxygen atoms in total. The molecule has 0 bridgehead atoms. The number of ether oxygens (including phenoxy) is 2. The maximum Gasteiger partial charge on any atom is 0.218 e. The number of benzene rings is 2. The Labute approximate surface area is 162 Å². The first-order valence-corrected chi connectivity index (χ1v) is 9.70. The monoisotopic (exact) mass is 411 g/mol. The molecule has 0 unspecified atom stereocenters. The molecule has 0 saturated heterocycles. The molecule has 0 heterocycles. The summed E-state index contributed by atoms with van der Waals surface area (Å²) < 4.78 is 36.2. The Hall–Kier alpha value is -2.20. The summed E-state index contributed by atoms with van der Waals surface area (Å²) in [7, 11) is -2.66. The van der Waals surface area contributed by atoms with Crippen LogP contribution in [-0.4, -0.2) is 22.1 Å². The van der Waals surface area contributed by atoms with Crippen LogP contribution in [0.5, 0.6) is 11.5 Å². The average Bonchev–Trinajstić information content (AvgIpc) is 2.62. The van der Waals surface area contributed by atoms with Crippen molar-refractivity contribution in [2.24, 2.45) is 0 Å². The SMILES string of the molecule is CCOc1ccc(/C=C(\C#N)S(=O)(=O)c2cc(Cl)ccc2Cl)cc1OC. The topological polar surface area (TPSA) is 76.4 Å². The van der Waals surface area contributed by atoms with Gasteiger partial charge in [-0.1, -0.05) is 29.3 Å². The Balaban J connectivity index is 2.54. The zero-order valence-electron chi connectivity index (χ0n) is 14.0. The van der Waals surface area contributed by atoms with Crippen LogP contribution in [0.2, 0.25) is 10.0 Å². The van der Waals surface area contributed by atoms with Gasteiger partial charge in [0.2, 0.25) is 9.84 Å². The van der Waals surface area contributed by atoms with E-state index in [1.165, 1.54) is 31.4 Å². The summed E-state index contributed by atoms with van der Waals surface area (Å²) in [4.78, 5) is -0.690. The average molecular weight is 412 g/mol. The number of sulfone groups is 1. The minimum absolute atomic E-state index is 0.0141. The zero-order valence-corrected chi connectivity index (χ0v) is 16.3. The number of allylic oxidation sites excluding steroid dienone is 1. The molecule has 0 saturated carbocycles. The molecule has 2 aromatic carbocycles. The summed E-state index contributed by atoms with van der Waals surface area (Å²) in [5.41, 5.74) is 0.462. The molecule has 0 spiro atoms. The van der Waals surface area contributed by atoms with Crippen LogP contribution >= 0.6 is 23.2 Å². The van der Waals surface area contributed by atoms with E-state index < -0.39 is 14.7 Å². The van der Waals surface area contributed by atoms with Gasteiger partial charge in [-0.2, -0.15) is 5.26 Å². The number of rotatable bonds is 6. The number of hydrogen-bond acceptors (Lipinski definition) is 5. The van der Waals surface area contributed by atoms with Crippen LogP contribution in [0.1, 0.15) is 12.5 Å². The van der Waals surface area contributed by atoms with Crippen molar-refractivity contribution < 1.29 is 17.9 Å². The number of nitrogens with zero attached hydrogens (tertiary/aromatic N) is 1. The number of halogens is 2. The first-order chi connectivity index (χ1) is 12.3. The molecule has 0 aromatic heterocycles. The van der Waals surface area contributed by atoms with Crippen LogP contribution in [0.15, 0.2) is 46.2 Å². The van der Waals surface area contributed by atoms with Crippen molar-refractivity contribution in [3.05, 3.63) is 56.9 Å². The molecule has 0 amide bonds. The van der Waals surface area contributed by atoms with Crippen LogP contribution in [0.3, 0.4) is 0 Å². The largest absolute Gasteiger partial charge is 0.493 e. The summed E-state index contributed by atoms with van der Waals surface area (Å²) in [6.45, 7) is 2.29. The van der Waals surface area contributed by atoms with Gasteiger partial charge in [-0.25, -0.2) is 8.42 Å². The molecule has 2 aromatic rings. The summed E-state index contributed by atoms with van der Waals surface area (Å²) >= 11 is 11.8. The molecule has 8 heteroatoms. The fourth-order valence-corrected chi connectivity index (χ4v) is 4.09. The highest BCUT2D eigenvalue weighted by Gasteiger charge is 2.24. The Kier molecular flexibility index (Phi) is 6.54. The number of nitriles is 1. The van der Waals surface area contributed by atoms with Crippen LogP contribution in [0.25, 0.3) is 6.08 Å². The lowest BCUT2D eigenvalue weighted by atomic mass is 10.2. The van der Waals surface area contributed by atoms with E-state index in [9.17, 15) is 13.7 Å². The van der Waals surface area contributed by atoms with Crippen molar-refractivity contribution >= 4 is 39.1 Å². The summed E-state index contributed by atoms with van der Waals surface area (Å²) in [5, 5.41) is 9.57. The standard InChI is InChI=1S/C18H15Cl2NO4S/c1-3-25-16-7-4-12(9-17(16)24-2)8-14(11-21)26(22,23)18-10-13(19)5-6-15(18)20/h4-10H,3H2,1-2H3/b14-8+. The van der Waals surface area contributed by atoms with Gasteiger partial charge in [0, 0.05) is 5.02 Å². The van der Waals surface area contributed by atoms with Gasteiger partial charge in [0.05, 0.1) is 23.6 Å². The first kappa shape index (κ1) is 20.1. The molecule has 0 aliphatic carbocycles. The quantitative estimate of drug-likeness (QED) is 0.641. The van der Waals surface area contributed by atoms with E-state index in [1.54, 1.807) is 24.3 Å². The molecule has 0 N–H and O–H groups in total. The second-order valence-electron chi connectivity index (χ2n) is 5.04. The molecular weight excluding hydrogens is 397 g/mol. The van der Waals surface area contributed by atoms with E-state index >= 15 is 0 Å². The smallest absolute Gasteiger partial charge is 0.218 e. The summed E-state index contributed by atoms with van der Waals surface area (Å²) in [5.74, 6) is 0.947. The second kappa shape index (κ2) is 8.45. The maximum absolute atomic E-state index is 12.8. The molecule has 26 heavy (non-hydrogen) atoms. The van der Waals surface area contributed by atoms with E-state index in [4.69, 9.17) is 32.7 Å². The van der Waals surface area contributed by atoms with Gasteiger partial charge >= 0.3 is 0 Å². The van der Waals surface area contributed by atoms with Gasteiger partial charge in [-0.05, 0) is 48.9 Å². The van der Waals surface area contributed by atoms with E-state index in [1.807, 2.05) is 6.92 Å². The van der Waals surface area contributed by atoms with Crippen molar-refractivity contribution in [2.45, 2.75) is 11.8 Å². The fraction of sp³-hybridized carbons (Fsp3) is 0.167. The third-order valence-corrected chi connectivity index (χ3v) is 5.75. The van der Waals surface area contributed by atoms with Crippen molar-refractivity contribution in [1.82, 2.24) is 0 Å². The highest BCUT2D eigenvalue weighted by molar-refractivity contribution is 7.95. The molecule has 0 aliphatic heterocycles. The van der Waals surface area contributed by atoms with Crippen LogP contribution in [0.4, 0.5) is 0 Å². The predicted octanol–water partition coefficient (Wildman–Crippen LogP) is 4.74. The molecule has 2 rings (SSSR count). The predicted molar refractivity (Wildman–Crippen MR) is 101 cm³/mol. The lowest BCUT2D eigenvalue weighted by molar-refractivity contribution is 0.311. The lowest BCUT2D eigenvalue weighted by Gasteiger charge is -2.10. The Morgan fingerprint density at radius 1 is 1.19 bits per heavy atom. The van der Waals surface area contributed by atoms with Crippen molar-refractivity contribution in [3.63, 3.8) is 0 Å². The normalized spacial score (nSPS) is 11.7. The minimum Gasteiger partial charge on any atom is -0.493 e. The molecule has 0 fully saturated rings. The fourth-order valence-electron chi connectivity index (χ4n) is 2.17. The number of hydrogen-bond donors (Lipinski definition) is 0. The van der Waals surface area contributed by atoms with Gasteiger partial charge in [-0.3, -0.25) is 0 Å². The van der Waals surface area contributed by atoms with Crippen LogP contribution in [0, 0.1) is 11.3 Å². The Morgan fingerprint density at radius 2 is 1.92 bits per heavy atom. The zero-order chi connectivity index (χ0) is 19.3. The summed E-state index contributed by atoms with van der Waals surface area (Å²) in [6, 6.07) is 10.6. The Bertz CT molecular complexity index is 995. The van der Waals surface area contributed by atoms with Gasteiger partial charge in [-0.15, -0.1) is 0 Å². The molecular formula is C18H15Cl2NO4S. The first-order valence-electron chi connectivity index (χ1n) is 7.46. The van der Waals surface area contributed by atoms with Crippen molar-refractivity contribution in [1.29, 1.82) is 5.26 Å².